The first-order valence-electron chi connectivity index (χ1n) is 5.14. The minimum atomic E-state index is -4.78. The molecule has 1 aromatic rings. The predicted octanol–water partition coefficient (Wildman–Crippen LogP) is 3.56. The molecule has 0 amide bonds. The number of hydrogen-bond acceptors (Lipinski definition) is 2. The molecule has 19 heavy (non-hydrogen) atoms. The average Bonchev–Trinajstić information content (AvgIpc) is 2.25. The molecule has 1 N–H and O–H groups in total. The van der Waals surface area contributed by atoms with Gasteiger partial charge < -0.3 is 9.84 Å². The van der Waals surface area contributed by atoms with E-state index in [4.69, 9.17) is 33.0 Å². The standard InChI is InChI=1S/C11H7Cl2F3O3/c12-4-1-7(13)5-3-6(10(17)18)9(11(14,15)16)19-8(5)2-4/h1-2,6,9H,3H2,(H,17,18)/t6-,9+/m1/s1. The first kappa shape index (κ1) is 14.3. The Kier molecular flexibility index (Phi) is 3.57. The molecule has 1 aromatic carbocycles. The van der Waals surface area contributed by atoms with E-state index in [2.05, 4.69) is 0 Å². The summed E-state index contributed by atoms with van der Waals surface area (Å²) in [7, 11) is 0. The highest BCUT2D eigenvalue weighted by molar-refractivity contribution is 6.35. The van der Waals surface area contributed by atoms with Crippen LogP contribution in [0.15, 0.2) is 12.1 Å². The number of carboxylic acids is 1. The Labute approximate surface area is 115 Å². The lowest BCUT2D eigenvalue weighted by Crippen LogP contribution is -2.47. The minimum Gasteiger partial charge on any atom is -0.481 e. The molecule has 0 saturated carbocycles. The van der Waals surface area contributed by atoms with E-state index in [0.717, 1.165) is 0 Å². The number of alkyl halides is 3. The van der Waals surface area contributed by atoms with Gasteiger partial charge in [0.2, 0.25) is 6.10 Å². The van der Waals surface area contributed by atoms with Gasteiger partial charge in [0.05, 0.1) is 0 Å². The highest BCUT2D eigenvalue weighted by atomic mass is 35.5. The second kappa shape index (κ2) is 4.76. The summed E-state index contributed by atoms with van der Waals surface area (Å²) in [6.45, 7) is 0. The molecule has 0 aromatic heterocycles. The lowest BCUT2D eigenvalue weighted by molar-refractivity contribution is -0.217. The van der Waals surface area contributed by atoms with E-state index in [9.17, 15) is 18.0 Å². The lowest BCUT2D eigenvalue weighted by atomic mass is 9.90. The zero-order chi connectivity index (χ0) is 14.4. The van der Waals surface area contributed by atoms with Gasteiger partial charge in [-0.15, -0.1) is 0 Å². The van der Waals surface area contributed by atoms with E-state index in [1.807, 2.05) is 0 Å². The first-order valence-corrected chi connectivity index (χ1v) is 5.90. The Morgan fingerprint density at radius 3 is 2.53 bits per heavy atom. The fourth-order valence-corrected chi connectivity index (χ4v) is 2.49. The molecular weight excluding hydrogens is 308 g/mol. The molecule has 0 spiro atoms. The maximum absolute atomic E-state index is 12.8. The Balaban J connectivity index is 2.48. The Bertz CT molecular complexity index is 531. The Hall–Kier alpha value is -1.14. The van der Waals surface area contributed by atoms with E-state index >= 15 is 0 Å². The molecular formula is C11H7Cl2F3O3. The number of benzene rings is 1. The van der Waals surface area contributed by atoms with E-state index < -0.39 is 24.2 Å². The summed E-state index contributed by atoms with van der Waals surface area (Å²) in [6, 6.07) is 2.53. The van der Waals surface area contributed by atoms with Crippen molar-refractivity contribution in [1.29, 1.82) is 0 Å². The van der Waals surface area contributed by atoms with Crippen molar-refractivity contribution in [2.24, 2.45) is 5.92 Å². The third kappa shape index (κ3) is 2.74. The molecule has 2 atom stereocenters. The molecule has 0 bridgehead atoms. The molecule has 8 heteroatoms. The van der Waals surface area contributed by atoms with Crippen LogP contribution < -0.4 is 4.74 Å². The van der Waals surface area contributed by atoms with Crippen LogP contribution in [0.1, 0.15) is 5.56 Å². The largest absolute Gasteiger partial charge is 0.481 e. The van der Waals surface area contributed by atoms with Crippen LogP contribution in [0.3, 0.4) is 0 Å². The number of fused-ring (bicyclic) bond motifs is 1. The van der Waals surface area contributed by atoms with Crippen molar-refractivity contribution in [1.82, 2.24) is 0 Å². The van der Waals surface area contributed by atoms with E-state index in [1.165, 1.54) is 12.1 Å². The Morgan fingerprint density at radius 2 is 2.00 bits per heavy atom. The summed E-state index contributed by atoms with van der Waals surface area (Å²) in [5, 5.41) is 9.11. The lowest BCUT2D eigenvalue weighted by Gasteiger charge is -2.32. The second-order valence-electron chi connectivity index (χ2n) is 4.09. The van der Waals surface area contributed by atoms with Crippen LogP contribution in [0.25, 0.3) is 0 Å². The van der Waals surface area contributed by atoms with Crippen LogP contribution >= 0.6 is 23.2 Å². The molecule has 1 aliphatic rings. The van der Waals surface area contributed by atoms with Gasteiger partial charge in [0.25, 0.3) is 0 Å². The monoisotopic (exact) mass is 314 g/mol. The van der Waals surface area contributed by atoms with E-state index in [0.29, 0.717) is 0 Å². The van der Waals surface area contributed by atoms with Crippen LogP contribution in [-0.4, -0.2) is 23.4 Å². The predicted molar refractivity (Wildman–Crippen MR) is 61.8 cm³/mol. The van der Waals surface area contributed by atoms with Crippen molar-refractivity contribution in [2.75, 3.05) is 0 Å². The first-order chi connectivity index (χ1) is 8.70. The van der Waals surface area contributed by atoms with Crippen LogP contribution in [0, 0.1) is 5.92 Å². The molecule has 0 aliphatic carbocycles. The van der Waals surface area contributed by atoms with Crippen LogP contribution in [0.2, 0.25) is 10.0 Å². The number of rotatable bonds is 1. The number of carboxylic acid groups (broad SMARTS) is 1. The molecule has 0 saturated heterocycles. The number of aliphatic carboxylic acids is 1. The molecule has 1 heterocycles. The normalized spacial score (nSPS) is 22.6. The van der Waals surface area contributed by atoms with Crippen molar-refractivity contribution in [3.8, 4) is 5.75 Å². The van der Waals surface area contributed by atoms with Crippen molar-refractivity contribution in [2.45, 2.75) is 18.7 Å². The summed E-state index contributed by atoms with van der Waals surface area (Å²) in [4.78, 5) is 11.0. The van der Waals surface area contributed by atoms with Gasteiger partial charge >= 0.3 is 12.1 Å². The van der Waals surface area contributed by atoms with Crippen molar-refractivity contribution >= 4 is 29.2 Å². The van der Waals surface area contributed by atoms with Gasteiger partial charge in [0.15, 0.2) is 0 Å². The van der Waals surface area contributed by atoms with Gasteiger partial charge in [-0.1, -0.05) is 23.2 Å². The smallest absolute Gasteiger partial charge is 0.426 e. The molecule has 3 nitrogen and oxygen atoms in total. The maximum atomic E-state index is 12.8. The van der Waals surface area contributed by atoms with Gasteiger partial charge in [-0.3, -0.25) is 4.79 Å². The van der Waals surface area contributed by atoms with Crippen molar-refractivity contribution in [3.63, 3.8) is 0 Å². The zero-order valence-corrected chi connectivity index (χ0v) is 10.7. The summed E-state index contributed by atoms with van der Waals surface area (Å²) < 4.78 is 43.1. The quantitative estimate of drug-likeness (QED) is 0.862. The number of ether oxygens (including phenoxy) is 1. The van der Waals surface area contributed by atoms with Crippen LogP contribution in [-0.2, 0) is 11.2 Å². The maximum Gasteiger partial charge on any atom is 0.426 e. The third-order valence-corrected chi connectivity index (χ3v) is 3.36. The number of carbonyl (C=O) groups is 1. The molecule has 1 aliphatic heterocycles. The Morgan fingerprint density at radius 1 is 1.37 bits per heavy atom. The number of hydrogen-bond donors (Lipinski definition) is 1. The van der Waals surface area contributed by atoms with Gasteiger partial charge in [0, 0.05) is 15.6 Å². The van der Waals surface area contributed by atoms with Gasteiger partial charge in [-0.05, 0) is 18.6 Å². The van der Waals surface area contributed by atoms with Crippen molar-refractivity contribution < 1.29 is 27.8 Å². The second-order valence-corrected chi connectivity index (χ2v) is 4.94. The van der Waals surface area contributed by atoms with Crippen molar-refractivity contribution in [3.05, 3.63) is 27.7 Å². The topological polar surface area (TPSA) is 46.5 Å². The molecule has 0 unspecified atom stereocenters. The minimum absolute atomic E-state index is 0.0920. The van der Waals surface area contributed by atoms with Crippen LogP contribution in [0.4, 0.5) is 13.2 Å². The zero-order valence-electron chi connectivity index (χ0n) is 9.17. The highest BCUT2D eigenvalue weighted by Gasteiger charge is 2.52. The molecule has 104 valence electrons. The molecule has 2 rings (SSSR count). The van der Waals surface area contributed by atoms with Gasteiger partial charge in [-0.2, -0.15) is 13.2 Å². The highest BCUT2D eigenvalue weighted by Crippen LogP contribution is 2.42. The summed E-state index contributed by atoms with van der Waals surface area (Å²) in [5.41, 5.74) is 0.221. The fourth-order valence-electron chi connectivity index (χ4n) is 1.94. The average molecular weight is 315 g/mol. The third-order valence-electron chi connectivity index (χ3n) is 2.80. The van der Waals surface area contributed by atoms with Crippen LogP contribution in [0.5, 0.6) is 5.75 Å². The van der Waals surface area contributed by atoms with Gasteiger partial charge in [0.1, 0.15) is 11.7 Å². The van der Waals surface area contributed by atoms with E-state index in [1.54, 1.807) is 0 Å². The molecule has 0 radical (unpaired) electrons. The summed E-state index contributed by atoms with van der Waals surface area (Å²) in [6.07, 6.45) is -7.55. The van der Waals surface area contributed by atoms with E-state index in [-0.39, 0.29) is 27.8 Å². The SMILES string of the molecule is O=C(O)[C@@H]1Cc2c(Cl)cc(Cl)cc2O[C@@H]1C(F)(F)F. The number of halogens is 5. The van der Waals surface area contributed by atoms with Gasteiger partial charge in [-0.25, -0.2) is 0 Å². The molecule has 0 fully saturated rings. The summed E-state index contributed by atoms with van der Waals surface area (Å²) in [5.74, 6) is -3.44. The summed E-state index contributed by atoms with van der Waals surface area (Å²) >= 11 is 11.5. The fraction of sp³-hybridized carbons (Fsp3) is 0.364.